The molecule has 2 aromatic rings. The zero-order valence-electron chi connectivity index (χ0n) is 14.8. The zero-order valence-corrected chi connectivity index (χ0v) is 15.6. The molecule has 2 aromatic carbocycles. The Kier molecular flexibility index (Phi) is 5.79. The molecule has 146 valence electrons. The molecule has 1 fully saturated rings. The van der Waals surface area contributed by atoms with Gasteiger partial charge in [-0.1, -0.05) is 11.6 Å². The fourth-order valence-electron chi connectivity index (χ4n) is 3.22. The van der Waals surface area contributed by atoms with Gasteiger partial charge in [-0.2, -0.15) is 0 Å². The molecule has 0 spiro atoms. The van der Waals surface area contributed by atoms with Crippen molar-refractivity contribution in [2.45, 2.75) is 12.8 Å². The number of carbonyl (C=O) groups excluding carboxylic acids is 2. The third-order valence-electron chi connectivity index (χ3n) is 4.77. The van der Waals surface area contributed by atoms with E-state index in [2.05, 4.69) is 10.2 Å². The van der Waals surface area contributed by atoms with Gasteiger partial charge < -0.3 is 15.3 Å². The zero-order chi connectivity index (χ0) is 20.3. The largest absolute Gasteiger partial charge is 0.501 e. The van der Waals surface area contributed by atoms with E-state index in [0.29, 0.717) is 31.5 Å². The van der Waals surface area contributed by atoms with Crippen molar-refractivity contribution in [3.8, 4) is 5.75 Å². The van der Waals surface area contributed by atoms with E-state index in [9.17, 15) is 24.8 Å². The highest BCUT2D eigenvalue weighted by Gasteiger charge is 2.27. The van der Waals surface area contributed by atoms with Crippen LogP contribution in [0.15, 0.2) is 36.4 Å². The maximum absolute atomic E-state index is 12.5. The normalized spacial score (nSPS) is 14.5. The minimum Gasteiger partial charge on any atom is -0.501 e. The first-order chi connectivity index (χ1) is 13.4. The molecule has 1 heterocycles. The summed E-state index contributed by atoms with van der Waals surface area (Å²) < 4.78 is 0. The monoisotopic (exact) mass is 403 g/mol. The van der Waals surface area contributed by atoms with Gasteiger partial charge in [-0.3, -0.25) is 19.7 Å². The number of rotatable bonds is 5. The average Bonchev–Trinajstić information content (AvgIpc) is 2.70. The Morgan fingerprint density at radius 1 is 1.25 bits per heavy atom. The van der Waals surface area contributed by atoms with Crippen molar-refractivity contribution < 1.29 is 19.6 Å². The quantitative estimate of drug-likeness (QED) is 0.341. The molecule has 28 heavy (non-hydrogen) atoms. The van der Waals surface area contributed by atoms with Crippen molar-refractivity contribution >= 4 is 40.9 Å². The topological polar surface area (TPSA) is 113 Å². The van der Waals surface area contributed by atoms with Crippen LogP contribution in [0.5, 0.6) is 5.75 Å². The summed E-state index contributed by atoms with van der Waals surface area (Å²) in [6, 6.07) is 9.54. The molecule has 0 aliphatic carbocycles. The number of piperidine rings is 1. The first-order valence-corrected chi connectivity index (χ1v) is 9.05. The van der Waals surface area contributed by atoms with Crippen LogP contribution >= 0.6 is 11.6 Å². The van der Waals surface area contributed by atoms with Gasteiger partial charge in [0.2, 0.25) is 11.7 Å². The van der Waals surface area contributed by atoms with E-state index in [4.69, 9.17) is 11.6 Å². The Labute approximate surface area is 165 Å². The third kappa shape index (κ3) is 4.23. The third-order valence-corrected chi connectivity index (χ3v) is 4.99. The predicted molar refractivity (Wildman–Crippen MR) is 105 cm³/mol. The van der Waals surface area contributed by atoms with Gasteiger partial charge in [0.05, 0.1) is 10.6 Å². The molecule has 0 atom stereocenters. The Bertz CT molecular complexity index is 909. The number of phenols is 1. The lowest BCUT2D eigenvalue weighted by molar-refractivity contribution is -0.385. The summed E-state index contributed by atoms with van der Waals surface area (Å²) in [6.07, 6.45) is 1.96. The molecule has 3 rings (SSSR count). The van der Waals surface area contributed by atoms with E-state index in [1.165, 1.54) is 6.07 Å². The number of aromatic hydroxyl groups is 1. The van der Waals surface area contributed by atoms with Crippen LogP contribution in [0.1, 0.15) is 23.2 Å². The molecule has 0 aromatic heterocycles. The van der Waals surface area contributed by atoms with E-state index in [0.717, 1.165) is 18.0 Å². The van der Waals surface area contributed by atoms with E-state index < -0.39 is 16.4 Å². The lowest BCUT2D eigenvalue weighted by atomic mass is 9.95. The van der Waals surface area contributed by atoms with Crippen molar-refractivity contribution in [2.24, 2.45) is 5.92 Å². The molecule has 8 nitrogen and oxygen atoms in total. The first kappa shape index (κ1) is 19.6. The van der Waals surface area contributed by atoms with Crippen LogP contribution in [0.25, 0.3) is 0 Å². The number of nitrogens with zero attached hydrogens (tertiary/aromatic N) is 2. The number of halogens is 1. The smallest absolute Gasteiger partial charge is 0.314 e. The number of anilines is 2. The van der Waals surface area contributed by atoms with Crippen LogP contribution in [0.3, 0.4) is 0 Å². The number of nitro groups is 1. The molecular formula is C19H18ClN3O5. The summed E-state index contributed by atoms with van der Waals surface area (Å²) in [5.74, 6) is -1.22. The fourth-order valence-corrected chi connectivity index (χ4v) is 3.43. The fraction of sp³-hybridized carbons (Fsp3) is 0.263. The number of nitrogens with one attached hydrogen (secondary N) is 1. The van der Waals surface area contributed by atoms with Crippen LogP contribution in [-0.2, 0) is 4.79 Å². The van der Waals surface area contributed by atoms with Gasteiger partial charge in [0.15, 0.2) is 0 Å². The highest BCUT2D eigenvalue weighted by atomic mass is 35.5. The SMILES string of the molecule is O=Cc1ccc(N2CCC(C(=O)Nc3cc(Cl)cc([N+](=O)[O-])c3O)CC2)cc1. The molecule has 1 aliphatic heterocycles. The maximum atomic E-state index is 12.5. The predicted octanol–water partition coefficient (Wildman–Crippen LogP) is 3.62. The van der Waals surface area contributed by atoms with Crippen LogP contribution in [-0.4, -0.2) is 35.3 Å². The number of benzene rings is 2. The summed E-state index contributed by atoms with van der Waals surface area (Å²) in [4.78, 5) is 35.6. The second-order valence-electron chi connectivity index (χ2n) is 6.54. The van der Waals surface area contributed by atoms with E-state index in [1.807, 2.05) is 12.1 Å². The lowest BCUT2D eigenvalue weighted by Crippen LogP contribution is -2.38. The van der Waals surface area contributed by atoms with Gasteiger partial charge >= 0.3 is 5.69 Å². The molecule has 0 bridgehead atoms. The number of carbonyl (C=O) groups is 2. The highest BCUT2D eigenvalue weighted by molar-refractivity contribution is 6.31. The second kappa shape index (κ2) is 8.26. The molecule has 1 aliphatic rings. The molecular weight excluding hydrogens is 386 g/mol. The number of amides is 1. The molecule has 1 saturated heterocycles. The Hall–Kier alpha value is -3.13. The van der Waals surface area contributed by atoms with E-state index in [1.54, 1.807) is 12.1 Å². The summed E-state index contributed by atoms with van der Waals surface area (Å²) in [5.41, 5.74) is 0.952. The summed E-state index contributed by atoms with van der Waals surface area (Å²) in [6.45, 7) is 1.31. The minimum absolute atomic E-state index is 0.0494. The number of hydrogen-bond acceptors (Lipinski definition) is 6. The summed E-state index contributed by atoms with van der Waals surface area (Å²) in [5, 5.41) is 23.6. The number of aldehydes is 1. The van der Waals surface area contributed by atoms with Crippen molar-refractivity contribution in [3.63, 3.8) is 0 Å². The lowest BCUT2D eigenvalue weighted by Gasteiger charge is -2.33. The first-order valence-electron chi connectivity index (χ1n) is 8.67. The van der Waals surface area contributed by atoms with Crippen LogP contribution < -0.4 is 10.2 Å². The Balaban J connectivity index is 1.64. The van der Waals surface area contributed by atoms with Crippen molar-refractivity contribution in [3.05, 3.63) is 57.1 Å². The van der Waals surface area contributed by atoms with Gasteiger partial charge in [0.1, 0.15) is 6.29 Å². The molecule has 0 saturated carbocycles. The van der Waals surface area contributed by atoms with Crippen molar-refractivity contribution in [1.82, 2.24) is 0 Å². The summed E-state index contributed by atoms with van der Waals surface area (Å²) in [7, 11) is 0. The van der Waals surface area contributed by atoms with Gasteiger partial charge in [0, 0.05) is 41.3 Å². The number of phenolic OH excluding ortho intramolecular Hbond substituents is 1. The minimum atomic E-state index is -0.759. The Morgan fingerprint density at radius 3 is 2.46 bits per heavy atom. The molecule has 2 N–H and O–H groups in total. The number of hydrogen-bond donors (Lipinski definition) is 2. The van der Waals surface area contributed by atoms with Gasteiger partial charge in [0.25, 0.3) is 0 Å². The van der Waals surface area contributed by atoms with Crippen LogP contribution in [0.4, 0.5) is 17.1 Å². The maximum Gasteiger partial charge on any atom is 0.314 e. The van der Waals surface area contributed by atoms with Crippen molar-refractivity contribution in [2.75, 3.05) is 23.3 Å². The number of nitro benzene ring substituents is 1. The van der Waals surface area contributed by atoms with Gasteiger partial charge in [-0.25, -0.2) is 0 Å². The van der Waals surface area contributed by atoms with Crippen LogP contribution in [0.2, 0.25) is 5.02 Å². The molecule has 0 radical (unpaired) electrons. The standard InChI is InChI=1S/C19H18ClN3O5/c20-14-9-16(18(25)17(10-14)23(27)28)21-19(26)13-5-7-22(8-6-13)15-3-1-12(11-24)2-4-15/h1-4,9-11,13,25H,5-8H2,(H,21,26). The van der Waals surface area contributed by atoms with Crippen LogP contribution in [0, 0.1) is 16.0 Å². The van der Waals surface area contributed by atoms with Crippen molar-refractivity contribution in [1.29, 1.82) is 0 Å². The highest BCUT2D eigenvalue weighted by Crippen LogP contribution is 2.37. The average molecular weight is 404 g/mol. The van der Waals surface area contributed by atoms with E-state index in [-0.39, 0.29) is 22.5 Å². The molecule has 0 unspecified atom stereocenters. The second-order valence-corrected chi connectivity index (χ2v) is 6.97. The van der Waals surface area contributed by atoms with Gasteiger partial charge in [-0.15, -0.1) is 0 Å². The Morgan fingerprint density at radius 2 is 1.89 bits per heavy atom. The molecule has 1 amide bonds. The molecule has 9 heteroatoms. The van der Waals surface area contributed by atoms with E-state index >= 15 is 0 Å². The summed E-state index contributed by atoms with van der Waals surface area (Å²) >= 11 is 5.85. The van der Waals surface area contributed by atoms with Gasteiger partial charge in [-0.05, 0) is 43.2 Å².